The summed E-state index contributed by atoms with van der Waals surface area (Å²) in [6, 6.07) is 7.15. The van der Waals surface area contributed by atoms with E-state index < -0.39 is 14.0 Å². The fourth-order valence-electron chi connectivity index (χ4n) is 4.55. The first-order valence-corrected chi connectivity index (χ1v) is 12.5. The first-order valence-electron chi connectivity index (χ1n) is 9.71. The average Bonchev–Trinajstić information content (AvgIpc) is 2.92. The molecule has 6 heteroatoms. The Morgan fingerprint density at radius 1 is 1.11 bits per heavy atom. The predicted octanol–water partition coefficient (Wildman–Crippen LogP) is 6.23. The second-order valence-corrected chi connectivity index (χ2v) is 14.7. The van der Waals surface area contributed by atoms with Crippen molar-refractivity contribution in [1.82, 2.24) is 4.57 Å². The van der Waals surface area contributed by atoms with Gasteiger partial charge in [0.05, 0.1) is 20.2 Å². The third-order valence-corrected chi connectivity index (χ3v) is 13.5. The second-order valence-electron chi connectivity index (χ2n) is 8.32. The molecule has 0 saturated carbocycles. The first kappa shape index (κ1) is 22.0. The molecule has 0 radical (unpaired) electrons. The lowest BCUT2D eigenvalue weighted by molar-refractivity contribution is 0.0682. The van der Waals surface area contributed by atoms with Crippen molar-refractivity contribution >= 4 is 36.5 Å². The smallest absolute Gasteiger partial charge is 0.352 e. The normalized spacial score (nSPS) is 12.7. The van der Waals surface area contributed by atoms with Gasteiger partial charge in [0.2, 0.25) is 0 Å². The summed E-state index contributed by atoms with van der Waals surface area (Å²) in [6.07, 6.45) is 0.808. The van der Waals surface area contributed by atoms with E-state index in [0.29, 0.717) is 34.8 Å². The molecule has 1 aromatic carbocycles. The van der Waals surface area contributed by atoms with Crippen LogP contribution in [0.3, 0.4) is 0 Å². The molecule has 0 saturated heterocycles. The molecule has 0 amide bonds. The quantitative estimate of drug-likeness (QED) is 0.394. The Balaban J connectivity index is 2.18. The van der Waals surface area contributed by atoms with Gasteiger partial charge >= 0.3 is 5.97 Å². The number of hydrogen-bond acceptors (Lipinski definition) is 2. The van der Waals surface area contributed by atoms with Gasteiger partial charge in [-0.15, -0.1) is 0 Å². The Morgan fingerprint density at radius 2 is 1.70 bits per heavy atom. The third-order valence-electron chi connectivity index (χ3n) is 6.12. The molecule has 0 aliphatic heterocycles. The van der Waals surface area contributed by atoms with Crippen molar-refractivity contribution in [3.8, 4) is 0 Å². The number of rotatable bonds is 9. The van der Waals surface area contributed by atoms with E-state index in [9.17, 15) is 9.90 Å². The Bertz CT molecular complexity index is 776. The topological polar surface area (TPSA) is 51.5 Å². The number of benzene rings is 1. The van der Waals surface area contributed by atoms with Crippen molar-refractivity contribution in [3.05, 3.63) is 35.0 Å². The summed E-state index contributed by atoms with van der Waals surface area (Å²) in [4.78, 5) is 11.6. The summed E-state index contributed by atoms with van der Waals surface area (Å²) in [5, 5.41) is 11.0. The van der Waals surface area contributed by atoms with Crippen molar-refractivity contribution in [2.24, 2.45) is 0 Å². The molecule has 0 unspecified atom stereocenters. The molecule has 0 spiro atoms. The van der Waals surface area contributed by atoms with Crippen LogP contribution < -0.4 is 0 Å². The highest BCUT2D eigenvalue weighted by molar-refractivity contribution is 6.83. The van der Waals surface area contributed by atoms with E-state index in [4.69, 9.17) is 16.3 Å². The fourth-order valence-corrected chi connectivity index (χ4v) is 10.2. The van der Waals surface area contributed by atoms with Crippen LogP contribution in [-0.2, 0) is 11.3 Å². The zero-order valence-electron chi connectivity index (χ0n) is 17.3. The van der Waals surface area contributed by atoms with Crippen LogP contribution in [-0.4, -0.2) is 36.6 Å². The van der Waals surface area contributed by atoms with Crippen LogP contribution in [0.5, 0.6) is 0 Å². The lowest BCUT2D eigenvalue weighted by Crippen LogP contribution is -2.49. The standard InChI is InChI=1S/C21H32ClNO3Si/c1-14(2)27(15(3)4,16(5)6)13-26-10-9-23-19-12-18(22)8-7-17(19)11-20(23)21(24)25/h7-8,11-12,14-16H,9-10,13H2,1-6H3,(H,24,25). The van der Waals surface area contributed by atoms with Crippen molar-refractivity contribution in [2.75, 3.05) is 12.8 Å². The summed E-state index contributed by atoms with van der Waals surface area (Å²) in [7, 11) is -1.62. The number of fused-ring (bicyclic) bond motifs is 1. The van der Waals surface area contributed by atoms with Crippen molar-refractivity contribution in [2.45, 2.75) is 64.7 Å². The lowest BCUT2D eigenvalue weighted by Gasteiger charge is -2.42. The van der Waals surface area contributed by atoms with Gasteiger partial charge in [0, 0.05) is 23.2 Å². The molecule has 0 atom stereocenters. The maximum Gasteiger partial charge on any atom is 0.352 e. The monoisotopic (exact) mass is 409 g/mol. The third kappa shape index (κ3) is 4.41. The van der Waals surface area contributed by atoms with Crippen LogP contribution in [0, 0.1) is 0 Å². The second kappa shape index (κ2) is 8.80. The molecule has 1 heterocycles. The highest BCUT2D eigenvalue weighted by atomic mass is 35.5. The number of carboxylic acids is 1. The molecule has 0 aliphatic carbocycles. The molecule has 150 valence electrons. The minimum atomic E-state index is -1.62. The molecule has 0 bridgehead atoms. The van der Waals surface area contributed by atoms with Crippen LogP contribution in [0.15, 0.2) is 24.3 Å². The molecule has 2 rings (SSSR count). The van der Waals surface area contributed by atoms with Gasteiger partial charge in [-0.25, -0.2) is 4.79 Å². The molecule has 1 aromatic heterocycles. The highest BCUT2D eigenvalue weighted by Gasteiger charge is 2.42. The predicted molar refractivity (Wildman–Crippen MR) is 116 cm³/mol. The van der Waals surface area contributed by atoms with E-state index in [2.05, 4.69) is 41.5 Å². The Labute approximate surface area is 168 Å². The number of halogens is 1. The van der Waals surface area contributed by atoms with Crippen LogP contribution in [0.4, 0.5) is 0 Å². The molecule has 1 N–H and O–H groups in total. The molecule has 0 aliphatic rings. The van der Waals surface area contributed by atoms with Gasteiger partial charge in [-0.2, -0.15) is 0 Å². The van der Waals surface area contributed by atoms with E-state index in [1.54, 1.807) is 16.7 Å². The number of hydrogen-bond donors (Lipinski definition) is 1. The maximum atomic E-state index is 11.6. The number of aromatic nitrogens is 1. The largest absolute Gasteiger partial charge is 0.477 e. The molecular formula is C21H32ClNO3Si. The van der Waals surface area contributed by atoms with Gasteiger partial charge in [-0.3, -0.25) is 0 Å². The molecule has 0 fully saturated rings. The Morgan fingerprint density at radius 3 is 2.22 bits per heavy atom. The summed E-state index contributed by atoms with van der Waals surface area (Å²) >= 11 is 6.12. The van der Waals surface area contributed by atoms with Gasteiger partial charge in [0.1, 0.15) is 5.69 Å². The van der Waals surface area contributed by atoms with Gasteiger partial charge in [-0.1, -0.05) is 59.2 Å². The van der Waals surface area contributed by atoms with Crippen LogP contribution in [0.2, 0.25) is 21.6 Å². The van der Waals surface area contributed by atoms with Gasteiger partial charge in [0.15, 0.2) is 0 Å². The van der Waals surface area contributed by atoms with E-state index in [1.807, 2.05) is 12.1 Å². The zero-order valence-corrected chi connectivity index (χ0v) is 19.0. The first-order chi connectivity index (χ1) is 12.6. The van der Waals surface area contributed by atoms with Gasteiger partial charge in [-0.05, 0) is 34.8 Å². The van der Waals surface area contributed by atoms with E-state index >= 15 is 0 Å². The SMILES string of the molecule is CC(C)[Si](COCCn1c(C(=O)O)cc2ccc(Cl)cc21)(C(C)C)C(C)C. The van der Waals surface area contributed by atoms with Gasteiger partial charge < -0.3 is 14.4 Å². The van der Waals surface area contributed by atoms with Gasteiger partial charge in [0.25, 0.3) is 0 Å². The van der Waals surface area contributed by atoms with Crippen LogP contribution in [0.25, 0.3) is 10.9 Å². The number of nitrogens with zero attached hydrogens (tertiary/aromatic N) is 1. The summed E-state index contributed by atoms with van der Waals surface area (Å²) in [6.45, 7) is 14.9. The number of carbonyl (C=O) groups is 1. The summed E-state index contributed by atoms with van der Waals surface area (Å²) < 4.78 is 7.98. The van der Waals surface area contributed by atoms with Crippen molar-refractivity contribution < 1.29 is 14.6 Å². The maximum absolute atomic E-state index is 11.6. The zero-order chi connectivity index (χ0) is 20.4. The molecular weight excluding hydrogens is 378 g/mol. The Hall–Kier alpha value is -1.30. The lowest BCUT2D eigenvalue weighted by atomic mass is 10.2. The average molecular weight is 410 g/mol. The minimum Gasteiger partial charge on any atom is -0.477 e. The van der Waals surface area contributed by atoms with Crippen molar-refractivity contribution in [3.63, 3.8) is 0 Å². The van der Waals surface area contributed by atoms with E-state index in [0.717, 1.165) is 17.1 Å². The molecule has 4 nitrogen and oxygen atoms in total. The fraction of sp³-hybridized carbons (Fsp3) is 0.571. The van der Waals surface area contributed by atoms with E-state index in [-0.39, 0.29) is 5.69 Å². The minimum absolute atomic E-state index is 0.274. The van der Waals surface area contributed by atoms with Crippen LogP contribution in [0.1, 0.15) is 52.0 Å². The van der Waals surface area contributed by atoms with Crippen molar-refractivity contribution in [1.29, 1.82) is 0 Å². The number of carboxylic acid groups (broad SMARTS) is 1. The Kier molecular flexibility index (Phi) is 7.17. The van der Waals surface area contributed by atoms with E-state index in [1.165, 1.54) is 0 Å². The number of aromatic carboxylic acids is 1. The highest BCUT2D eigenvalue weighted by Crippen LogP contribution is 2.41. The summed E-state index contributed by atoms with van der Waals surface area (Å²) in [5.74, 6) is -0.933. The van der Waals surface area contributed by atoms with Crippen LogP contribution >= 0.6 is 11.6 Å². The summed E-state index contributed by atoms with van der Waals surface area (Å²) in [5.41, 5.74) is 3.02. The number of ether oxygens (including phenoxy) is 1. The molecule has 27 heavy (non-hydrogen) atoms. The molecule has 2 aromatic rings.